The Balaban J connectivity index is 3.77. The van der Waals surface area contributed by atoms with Crippen LogP contribution in [0.1, 0.15) is 6.42 Å². The lowest BCUT2D eigenvalue weighted by atomic mass is 10.5. The molecule has 0 saturated carbocycles. The summed E-state index contributed by atoms with van der Waals surface area (Å²) in [7, 11) is -0.931. The summed E-state index contributed by atoms with van der Waals surface area (Å²) in [5.41, 5.74) is 0.409. The molecule has 12 heavy (non-hydrogen) atoms. The van der Waals surface area contributed by atoms with Crippen LogP contribution in [-0.4, -0.2) is 40.0 Å². The lowest BCUT2D eigenvalue weighted by Crippen LogP contribution is -2.36. The van der Waals surface area contributed by atoms with E-state index >= 15 is 0 Å². The van der Waals surface area contributed by atoms with E-state index in [9.17, 15) is 0 Å². The van der Waals surface area contributed by atoms with Gasteiger partial charge in [0.15, 0.2) is 18.1 Å². The van der Waals surface area contributed by atoms with E-state index in [2.05, 4.69) is 32.3 Å². The zero-order chi connectivity index (χ0) is 9.61. The van der Waals surface area contributed by atoms with Crippen molar-refractivity contribution in [2.75, 3.05) is 5.75 Å². The van der Waals surface area contributed by atoms with Crippen LogP contribution < -0.4 is 0 Å². The van der Waals surface area contributed by atoms with Crippen LogP contribution >= 0.6 is 12.6 Å². The van der Waals surface area contributed by atoms with Gasteiger partial charge in [0.1, 0.15) is 10.5 Å². The molecule has 1 unspecified atom stereocenters. The molecule has 0 aromatic carbocycles. The Kier molecular flexibility index (Phi) is 6.88. The first-order valence-electron chi connectivity index (χ1n) is 4.27. The number of thiol groups is 1. The fraction of sp³-hybridized carbons (Fsp3) is 1.00. The van der Waals surface area contributed by atoms with Crippen LogP contribution in [0.3, 0.4) is 0 Å². The normalized spacial score (nSPS) is 16.0. The highest BCUT2D eigenvalue weighted by molar-refractivity contribution is 7.80. The molecule has 0 bridgehead atoms. The molecule has 0 aromatic heterocycles. The predicted molar refractivity (Wildman–Crippen MR) is 66.3 cm³/mol. The third kappa shape index (κ3) is 7.56. The first kappa shape index (κ1) is 12.9. The first-order valence-corrected chi connectivity index (χ1v) is 10.5. The number of hydrogen-bond donors (Lipinski definition) is 1. The molecule has 0 rings (SSSR count). The standard InChI is InChI=1S/C6H20O2SSi3/c1-12(2,3)7-6(4-5-9)11-8-10/h6,9H,4-5,11H2,1-3,10H3. The lowest BCUT2D eigenvalue weighted by Gasteiger charge is -2.25. The van der Waals surface area contributed by atoms with Crippen LogP contribution in [0, 0.1) is 0 Å². The van der Waals surface area contributed by atoms with Gasteiger partial charge in [-0.25, -0.2) is 0 Å². The summed E-state index contributed by atoms with van der Waals surface area (Å²) < 4.78 is 11.3. The van der Waals surface area contributed by atoms with Gasteiger partial charge in [0, 0.05) is 0 Å². The molecule has 0 amide bonds. The van der Waals surface area contributed by atoms with E-state index in [0.29, 0.717) is 5.73 Å². The molecule has 0 spiro atoms. The monoisotopic (exact) mass is 240 g/mol. The van der Waals surface area contributed by atoms with E-state index in [-0.39, 0.29) is 0 Å². The van der Waals surface area contributed by atoms with Gasteiger partial charge in [-0.05, 0) is 31.8 Å². The van der Waals surface area contributed by atoms with E-state index in [4.69, 9.17) is 8.54 Å². The number of hydrogen-bond acceptors (Lipinski definition) is 3. The maximum absolute atomic E-state index is 5.97. The summed E-state index contributed by atoms with van der Waals surface area (Å²) in [6, 6.07) is 0. The van der Waals surface area contributed by atoms with Gasteiger partial charge >= 0.3 is 0 Å². The highest BCUT2D eigenvalue weighted by Gasteiger charge is 2.20. The van der Waals surface area contributed by atoms with Gasteiger partial charge in [-0.3, -0.25) is 0 Å². The van der Waals surface area contributed by atoms with Crippen molar-refractivity contribution in [3.63, 3.8) is 0 Å². The Morgan fingerprint density at radius 2 is 2.08 bits per heavy atom. The quantitative estimate of drug-likeness (QED) is 0.515. The Labute approximate surface area is 87.4 Å². The molecule has 74 valence electrons. The van der Waals surface area contributed by atoms with Gasteiger partial charge in [0.05, 0.1) is 5.73 Å². The van der Waals surface area contributed by atoms with E-state index < -0.39 is 18.1 Å². The maximum Gasteiger partial charge on any atom is 0.183 e. The number of rotatable bonds is 6. The molecule has 0 radical (unpaired) electrons. The average Bonchev–Trinajstić information content (AvgIpc) is 1.84. The molecular weight excluding hydrogens is 220 g/mol. The van der Waals surface area contributed by atoms with Crippen molar-refractivity contribution < 1.29 is 8.54 Å². The molecule has 0 aliphatic rings. The fourth-order valence-electron chi connectivity index (χ4n) is 1.01. The molecule has 1 atom stereocenters. The summed E-state index contributed by atoms with van der Waals surface area (Å²) in [6.07, 6.45) is 1.06. The molecule has 0 heterocycles. The molecule has 2 nitrogen and oxygen atoms in total. The van der Waals surface area contributed by atoms with Crippen molar-refractivity contribution >= 4 is 41.2 Å². The van der Waals surface area contributed by atoms with Gasteiger partial charge < -0.3 is 8.54 Å². The largest absolute Gasteiger partial charge is 0.466 e. The van der Waals surface area contributed by atoms with E-state index in [1.165, 1.54) is 0 Å². The summed E-state index contributed by atoms with van der Waals surface area (Å²) in [4.78, 5) is 0. The summed E-state index contributed by atoms with van der Waals surface area (Å²) in [5.74, 6) is 0.910. The van der Waals surface area contributed by atoms with Crippen molar-refractivity contribution in [3.05, 3.63) is 0 Å². The molecule has 0 aliphatic carbocycles. The van der Waals surface area contributed by atoms with Crippen LogP contribution in [0.25, 0.3) is 0 Å². The topological polar surface area (TPSA) is 18.5 Å². The molecule has 0 fully saturated rings. The molecule has 6 heteroatoms. The molecule has 0 N–H and O–H groups in total. The highest BCUT2D eigenvalue weighted by atomic mass is 32.1. The van der Waals surface area contributed by atoms with E-state index in [1.807, 2.05) is 0 Å². The van der Waals surface area contributed by atoms with E-state index in [1.54, 1.807) is 0 Å². The van der Waals surface area contributed by atoms with Gasteiger partial charge in [-0.2, -0.15) is 12.6 Å². The van der Waals surface area contributed by atoms with Crippen molar-refractivity contribution in [1.29, 1.82) is 0 Å². The molecule has 0 aliphatic heterocycles. The van der Waals surface area contributed by atoms with Crippen LogP contribution in [0.5, 0.6) is 0 Å². The van der Waals surface area contributed by atoms with Crippen molar-refractivity contribution in [1.82, 2.24) is 0 Å². The molecule has 0 aromatic rings. The van der Waals surface area contributed by atoms with Gasteiger partial charge in [-0.15, -0.1) is 0 Å². The average molecular weight is 241 g/mol. The van der Waals surface area contributed by atoms with Crippen LogP contribution in [0.15, 0.2) is 0 Å². The van der Waals surface area contributed by atoms with Crippen molar-refractivity contribution in [2.45, 2.75) is 31.8 Å². The minimum absolute atomic E-state index is 0.409. The minimum Gasteiger partial charge on any atom is -0.466 e. The second kappa shape index (κ2) is 6.39. The second-order valence-electron chi connectivity index (χ2n) is 3.82. The van der Waals surface area contributed by atoms with Gasteiger partial charge in [-0.1, -0.05) is 0 Å². The fourth-order valence-corrected chi connectivity index (χ4v) is 6.39. The minimum atomic E-state index is -1.36. The third-order valence-corrected chi connectivity index (χ3v) is 5.24. The first-order chi connectivity index (χ1) is 5.49. The summed E-state index contributed by atoms with van der Waals surface area (Å²) in [5, 5.41) is 0. The van der Waals surface area contributed by atoms with Crippen LogP contribution in [0.2, 0.25) is 19.6 Å². The Morgan fingerprint density at radius 1 is 1.50 bits per heavy atom. The molecular formula is C6H20O2SSi3. The smallest absolute Gasteiger partial charge is 0.183 e. The van der Waals surface area contributed by atoms with Gasteiger partial charge in [0.25, 0.3) is 0 Å². The Bertz CT molecular complexity index is 112. The Morgan fingerprint density at radius 3 is 2.42 bits per heavy atom. The van der Waals surface area contributed by atoms with Crippen LogP contribution in [0.4, 0.5) is 0 Å². The zero-order valence-corrected chi connectivity index (χ0v) is 13.8. The van der Waals surface area contributed by atoms with Crippen molar-refractivity contribution in [3.8, 4) is 0 Å². The van der Waals surface area contributed by atoms with Crippen LogP contribution in [-0.2, 0) is 8.54 Å². The Hall–Kier alpha value is 0.921. The summed E-state index contributed by atoms with van der Waals surface area (Å²) >= 11 is 4.22. The summed E-state index contributed by atoms with van der Waals surface area (Å²) in [6.45, 7) is 6.67. The van der Waals surface area contributed by atoms with Gasteiger partial charge in [0.2, 0.25) is 0 Å². The highest BCUT2D eigenvalue weighted by Crippen LogP contribution is 2.09. The molecule has 0 saturated heterocycles. The van der Waals surface area contributed by atoms with E-state index in [0.717, 1.165) is 22.7 Å². The predicted octanol–water partition coefficient (Wildman–Crippen LogP) is -0.135. The second-order valence-corrected chi connectivity index (χ2v) is 12.3. The zero-order valence-electron chi connectivity index (χ0n) is 8.46. The third-order valence-electron chi connectivity index (χ3n) is 1.32. The lowest BCUT2D eigenvalue weighted by molar-refractivity contribution is 0.255. The maximum atomic E-state index is 5.97. The van der Waals surface area contributed by atoms with Crippen molar-refractivity contribution in [2.24, 2.45) is 0 Å². The SMILES string of the molecule is C[Si](C)(C)OC(CCS)[SiH2]O[SiH3].